The van der Waals surface area contributed by atoms with E-state index in [2.05, 4.69) is 32.6 Å². The second kappa shape index (κ2) is 8.05. The lowest BCUT2D eigenvalue weighted by Crippen LogP contribution is -2.59. The first-order valence-electron chi connectivity index (χ1n) is 9.76. The third-order valence-electron chi connectivity index (χ3n) is 5.53. The van der Waals surface area contributed by atoms with Crippen molar-refractivity contribution in [3.8, 4) is 0 Å². The Kier molecular flexibility index (Phi) is 5.65. The number of aliphatic imine (C=N–C) groups is 1. The van der Waals surface area contributed by atoms with E-state index in [1.165, 1.54) is 17.3 Å². The maximum absolute atomic E-state index is 10.5. The van der Waals surface area contributed by atoms with Gasteiger partial charge in [0.05, 0.1) is 31.0 Å². The van der Waals surface area contributed by atoms with Crippen LogP contribution in [0.1, 0.15) is 29.6 Å². The van der Waals surface area contributed by atoms with Gasteiger partial charge in [0.2, 0.25) is 0 Å². The summed E-state index contributed by atoms with van der Waals surface area (Å²) in [5, 5.41) is 37.8. The van der Waals surface area contributed by atoms with Gasteiger partial charge >= 0.3 is 0 Å². The van der Waals surface area contributed by atoms with Crippen molar-refractivity contribution in [3.63, 3.8) is 0 Å². The molecular formula is C18H27N7O3S. The smallest absolute Gasteiger partial charge is 0.159 e. The van der Waals surface area contributed by atoms with E-state index in [0.717, 1.165) is 22.2 Å². The zero-order valence-corrected chi connectivity index (χ0v) is 17.8. The van der Waals surface area contributed by atoms with Gasteiger partial charge in [-0.1, -0.05) is 17.0 Å². The Morgan fingerprint density at radius 2 is 2.07 bits per heavy atom. The van der Waals surface area contributed by atoms with E-state index in [1.54, 1.807) is 4.68 Å². The maximum Gasteiger partial charge on any atom is 0.159 e. The SMILES string of the molecule is CCN=C1NC2C(OC(Cn3cc(Cn4nc(C)c(C)c4C)nn3)C(O)C2O)S1. The minimum absolute atomic E-state index is 0.297. The van der Waals surface area contributed by atoms with Crippen molar-refractivity contribution in [2.45, 2.75) is 70.6 Å². The number of thioether (sulfide) groups is 1. The summed E-state index contributed by atoms with van der Waals surface area (Å²) in [5.41, 5.74) is 3.75. The first-order chi connectivity index (χ1) is 13.9. The van der Waals surface area contributed by atoms with E-state index in [0.29, 0.717) is 19.6 Å². The molecule has 0 aromatic carbocycles. The molecule has 10 nitrogen and oxygen atoms in total. The average molecular weight is 422 g/mol. The van der Waals surface area contributed by atoms with Gasteiger partial charge in [0, 0.05) is 12.2 Å². The minimum Gasteiger partial charge on any atom is -0.388 e. The summed E-state index contributed by atoms with van der Waals surface area (Å²) in [4.78, 5) is 4.33. The van der Waals surface area contributed by atoms with Gasteiger partial charge in [-0.3, -0.25) is 9.67 Å². The molecule has 4 heterocycles. The Morgan fingerprint density at radius 3 is 2.76 bits per heavy atom. The number of nitrogens with zero attached hydrogens (tertiary/aromatic N) is 6. The van der Waals surface area contributed by atoms with Gasteiger partial charge in [-0.15, -0.1) is 5.10 Å². The zero-order valence-electron chi connectivity index (χ0n) is 17.0. The molecule has 158 valence electrons. The summed E-state index contributed by atoms with van der Waals surface area (Å²) in [6.07, 6.45) is -0.746. The van der Waals surface area contributed by atoms with Crippen LogP contribution in [-0.2, 0) is 17.8 Å². The van der Waals surface area contributed by atoms with Crippen molar-refractivity contribution in [1.29, 1.82) is 0 Å². The van der Waals surface area contributed by atoms with Crippen molar-refractivity contribution < 1.29 is 14.9 Å². The fourth-order valence-corrected chi connectivity index (χ4v) is 4.83. The molecule has 2 aromatic heterocycles. The van der Waals surface area contributed by atoms with Crippen LogP contribution in [0.15, 0.2) is 11.2 Å². The van der Waals surface area contributed by atoms with Crippen LogP contribution in [0.3, 0.4) is 0 Å². The van der Waals surface area contributed by atoms with Crippen LogP contribution in [0, 0.1) is 20.8 Å². The van der Waals surface area contributed by atoms with Crippen LogP contribution in [0.25, 0.3) is 0 Å². The molecule has 4 rings (SSSR count). The third kappa shape index (κ3) is 3.91. The summed E-state index contributed by atoms with van der Waals surface area (Å²) < 4.78 is 9.60. The highest BCUT2D eigenvalue weighted by molar-refractivity contribution is 8.14. The summed E-state index contributed by atoms with van der Waals surface area (Å²) in [5.74, 6) is 0. The van der Waals surface area contributed by atoms with Crippen LogP contribution >= 0.6 is 11.8 Å². The summed E-state index contributed by atoms with van der Waals surface area (Å²) in [7, 11) is 0. The standard InChI is InChI=1S/C18H27N7O3S/c1-5-19-18-20-14-16(27)15(26)13(28-17(14)29-18)8-24-6-12(21-23-24)7-25-11(4)9(2)10(3)22-25/h6,13-17,26-27H,5,7-8H2,1-4H3,(H,19,20). The quantitative estimate of drug-likeness (QED) is 0.615. The molecule has 2 saturated heterocycles. The number of hydrogen-bond donors (Lipinski definition) is 3. The van der Waals surface area contributed by atoms with Crippen LogP contribution in [0.2, 0.25) is 0 Å². The van der Waals surface area contributed by atoms with Crippen LogP contribution < -0.4 is 5.32 Å². The molecule has 5 atom stereocenters. The van der Waals surface area contributed by atoms with Crippen LogP contribution in [-0.4, -0.2) is 76.5 Å². The van der Waals surface area contributed by atoms with E-state index in [-0.39, 0.29) is 11.5 Å². The summed E-state index contributed by atoms with van der Waals surface area (Å²) in [6, 6.07) is -0.378. The molecule has 11 heteroatoms. The lowest BCUT2D eigenvalue weighted by Gasteiger charge is -2.38. The number of aliphatic hydroxyl groups excluding tert-OH is 2. The molecule has 2 aliphatic rings. The molecule has 0 saturated carbocycles. The monoisotopic (exact) mass is 421 g/mol. The van der Waals surface area contributed by atoms with Gasteiger partial charge in [0.1, 0.15) is 29.4 Å². The number of ether oxygens (including phenoxy) is 1. The van der Waals surface area contributed by atoms with Crippen molar-refractivity contribution in [3.05, 3.63) is 28.8 Å². The fraction of sp³-hybridized carbons (Fsp3) is 0.667. The predicted molar refractivity (Wildman–Crippen MR) is 109 cm³/mol. The first-order valence-corrected chi connectivity index (χ1v) is 10.6. The van der Waals surface area contributed by atoms with Crippen molar-refractivity contribution >= 4 is 16.9 Å². The number of aryl methyl sites for hydroxylation is 1. The topological polar surface area (TPSA) is 123 Å². The average Bonchev–Trinajstić information content (AvgIpc) is 3.36. The number of rotatable bonds is 5. The Hall–Kier alpha value is -1.95. The number of aliphatic hydroxyl groups is 2. The summed E-state index contributed by atoms with van der Waals surface area (Å²) in [6.45, 7) is 9.49. The Morgan fingerprint density at radius 1 is 1.28 bits per heavy atom. The lowest BCUT2D eigenvalue weighted by atomic mass is 9.98. The number of hydrogen-bond acceptors (Lipinski definition) is 8. The predicted octanol–water partition coefficient (Wildman–Crippen LogP) is -0.0242. The van der Waals surface area contributed by atoms with E-state index in [9.17, 15) is 10.2 Å². The fourth-order valence-electron chi connectivity index (χ4n) is 3.63. The highest BCUT2D eigenvalue weighted by Gasteiger charge is 2.49. The molecule has 0 bridgehead atoms. The Labute approximate surface area is 173 Å². The van der Waals surface area contributed by atoms with Crippen LogP contribution in [0.4, 0.5) is 0 Å². The van der Waals surface area contributed by atoms with E-state index in [1.807, 2.05) is 31.6 Å². The van der Waals surface area contributed by atoms with Crippen molar-refractivity contribution in [2.75, 3.05) is 6.54 Å². The normalized spacial score (nSPS) is 30.6. The number of amidine groups is 1. The highest BCUT2D eigenvalue weighted by Crippen LogP contribution is 2.34. The largest absolute Gasteiger partial charge is 0.388 e. The second-order valence-corrected chi connectivity index (χ2v) is 8.56. The molecule has 2 aromatic rings. The molecule has 5 unspecified atom stereocenters. The van der Waals surface area contributed by atoms with Gasteiger partial charge in [-0.05, 0) is 33.3 Å². The van der Waals surface area contributed by atoms with Gasteiger partial charge in [0.25, 0.3) is 0 Å². The zero-order chi connectivity index (χ0) is 20.7. The molecule has 29 heavy (non-hydrogen) atoms. The molecule has 0 spiro atoms. The van der Waals surface area contributed by atoms with E-state index in [4.69, 9.17) is 4.74 Å². The third-order valence-corrected chi connectivity index (χ3v) is 6.64. The maximum atomic E-state index is 10.5. The highest BCUT2D eigenvalue weighted by atomic mass is 32.2. The van der Waals surface area contributed by atoms with Gasteiger partial charge in [-0.2, -0.15) is 5.10 Å². The van der Waals surface area contributed by atoms with Crippen molar-refractivity contribution in [1.82, 2.24) is 30.1 Å². The summed E-state index contributed by atoms with van der Waals surface area (Å²) >= 11 is 1.44. The van der Waals surface area contributed by atoms with Gasteiger partial charge in [-0.25, -0.2) is 4.68 Å². The molecule has 2 fully saturated rings. The molecule has 0 aliphatic carbocycles. The Bertz CT molecular complexity index is 911. The van der Waals surface area contributed by atoms with Gasteiger partial charge in [0.15, 0.2) is 5.17 Å². The molecule has 0 radical (unpaired) electrons. The van der Waals surface area contributed by atoms with Crippen LogP contribution in [0.5, 0.6) is 0 Å². The number of aromatic nitrogens is 5. The number of fused-ring (bicyclic) bond motifs is 1. The molecule has 0 amide bonds. The van der Waals surface area contributed by atoms with Crippen molar-refractivity contribution in [2.24, 2.45) is 4.99 Å². The van der Waals surface area contributed by atoms with E-state index < -0.39 is 18.3 Å². The minimum atomic E-state index is -1.03. The first kappa shape index (κ1) is 20.3. The van der Waals surface area contributed by atoms with Gasteiger partial charge < -0.3 is 20.3 Å². The number of nitrogens with one attached hydrogen (secondary N) is 1. The second-order valence-electron chi connectivity index (χ2n) is 7.48. The molecule has 3 N–H and O–H groups in total. The lowest BCUT2D eigenvalue weighted by molar-refractivity contribution is -0.160. The molecule has 2 aliphatic heterocycles. The van der Waals surface area contributed by atoms with E-state index >= 15 is 0 Å². The molecular weight excluding hydrogens is 394 g/mol. The Balaban J connectivity index is 1.43.